The van der Waals surface area contributed by atoms with Gasteiger partial charge in [0.25, 0.3) is 0 Å². The number of carbonyl (C=O) groups excluding carboxylic acids is 1. The van der Waals surface area contributed by atoms with Crippen molar-refractivity contribution >= 4 is 33.7 Å². The highest BCUT2D eigenvalue weighted by Crippen LogP contribution is 2.45. The van der Waals surface area contributed by atoms with Gasteiger partial charge in [0.15, 0.2) is 11.8 Å². The van der Waals surface area contributed by atoms with Crippen molar-refractivity contribution in [1.29, 1.82) is 0 Å². The van der Waals surface area contributed by atoms with Crippen LogP contribution in [0.5, 0.6) is 5.75 Å². The van der Waals surface area contributed by atoms with E-state index < -0.39 is 6.04 Å². The number of nitrogens with zero attached hydrogens (tertiary/aromatic N) is 3. The fraction of sp³-hybridized carbons (Fsp3) is 0.358. The lowest BCUT2D eigenvalue weighted by Crippen LogP contribution is -2.45. The average Bonchev–Trinajstić information content (AvgIpc) is 4.01. The Morgan fingerprint density at radius 1 is 0.841 bits per heavy atom. The molecule has 3 aliphatic rings. The summed E-state index contributed by atoms with van der Waals surface area (Å²) in [6.45, 7) is 29.6. The zero-order valence-corrected chi connectivity index (χ0v) is 38.1. The number of benzene rings is 4. The Kier molecular flexibility index (Phi) is 13.7. The van der Waals surface area contributed by atoms with Crippen molar-refractivity contribution in [1.82, 2.24) is 20.4 Å². The highest BCUT2D eigenvalue weighted by atomic mass is 16.5. The lowest BCUT2D eigenvalue weighted by Gasteiger charge is -2.36. The molecule has 3 N–H and O–H groups in total. The second-order valence-corrected chi connectivity index (χ2v) is 17.3. The highest BCUT2D eigenvalue weighted by molar-refractivity contribution is 6.00. The van der Waals surface area contributed by atoms with Gasteiger partial charge in [-0.2, -0.15) is 0 Å². The number of amides is 1. The van der Waals surface area contributed by atoms with Gasteiger partial charge in [0.05, 0.1) is 32.3 Å². The number of hydrogen-bond donors (Lipinski definition) is 3. The molecule has 7 rings (SSSR count). The third kappa shape index (κ3) is 9.36. The van der Waals surface area contributed by atoms with Gasteiger partial charge >= 0.3 is 0 Å². The summed E-state index contributed by atoms with van der Waals surface area (Å²) in [4.78, 5) is 23.3. The maximum atomic E-state index is 14.0. The summed E-state index contributed by atoms with van der Waals surface area (Å²) in [5.74, 6) is 2.07. The first-order chi connectivity index (χ1) is 30.3. The number of aliphatic imine (C=N–C) groups is 1. The van der Waals surface area contributed by atoms with Crippen molar-refractivity contribution in [2.45, 2.75) is 91.1 Å². The third-order valence-corrected chi connectivity index (χ3v) is 13.0. The van der Waals surface area contributed by atoms with Crippen LogP contribution in [0.2, 0.25) is 0 Å². The lowest BCUT2D eigenvalue weighted by molar-refractivity contribution is -0.133. The summed E-state index contributed by atoms with van der Waals surface area (Å²) >= 11 is 0. The normalized spacial score (nSPS) is 18.2. The molecule has 0 saturated carbocycles. The summed E-state index contributed by atoms with van der Waals surface area (Å²) in [7, 11) is 3.17. The molecule has 0 radical (unpaired) electrons. The Morgan fingerprint density at radius 2 is 1.51 bits per heavy atom. The number of likely N-dealkylation sites (tertiary alicyclic amines) is 2. The molecular weight excluding hydrogens is 785 g/mol. The van der Waals surface area contributed by atoms with Crippen LogP contribution in [0.4, 0.5) is 5.69 Å². The Labute approximate surface area is 374 Å². The monoisotopic (exact) mass is 848 g/mol. The Balaban J connectivity index is 1.05. The van der Waals surface area contributed by atoms with E-state index in [1.807, 2.05) is 48.4 Å². The number of aryl methyl sites for hydroxylation is 1. The first kappa shape index (κ1) is 44.6. The predicted octanol–water partition coefficient (Wildman–Crippen LogP) is 10.6. The molecule has 2 saturated heterocycles. The van der Waals surface area contributed by atoms with E-state index in [9.17, 15) is 4.79 Å². The number of fused-ring (bicyclic) bond motifs is 5. The van der Waals surface area contributed by atoms with Crippen molar-refractivity contribution in [3.8, 4) is 16.9 Å². The molecule has 4 aromatic carbocycles. The topological polar surface area (TPSA) is 99.7 Å². The second kappa shape index (κ2) is 19.3. The van der Waals surface area contributed by atoms with Crippen molar-refractivity contribution in [2.24, 2.45) is 10.9 Å². The number of ether oxygens (including phenoxy) is 3. The molecule has 2 fully saturated rings. The first-order valence-electron chi connectivity index (χ1n) is 22.1. The smallest absolute Gasteiger partial charge is 0.250 e. The SMILES string of the molecule is C=C(NC(C(=O)N1CCC[C@H]1C(C)=N/C=C(\C)c1ccc2c(c1)COc1c-2ccc2c(C)c(NC(=C)C3CCCN3C(=C)C(NC(=C)OC)C(C)C)ccc12)c1ccccc1)OC. The summed E-state index contributed by atoms with van der Waals surface area (Å²) in [6, 6.07) is 24.4. The molecule has 1 amide bonds. The maximum Gasteiger partial charge on any atom is 0.250 e. The van der Waals surface area contributed by atoms with E-state index in [2.05, 4.69) is 117 Å². The van der Waals surface area contributed by atoms with Crippen LogP contribution in [0, 0.1) is 12.8 Å². The van der Waals surface area contributed by atoms with Crippen LogP contribution in [-0.4, -0.2) is 66.9 Å². The molecular formula is C53H64N6O4. The molecule has 3 unspecified atom stereocenters. The van der Waals surface area contributed by atoms with Gasteiger partial charge < -0.3 is 40.0 Å². The number of anilines is 1. The Hall–Kier alpha value is -6.42. The van der Waals surface area contributed by atoms with Gasteiger partial charge in [0.1, 0.15) is 18.4 Å². The Bertz CT molecular complexity index is 2470. The van der Waals surface area contributed by atoms with Crippen LogP contribution in [0.15, 0.2) is 133 Å². The van der Waals surface area contributed by atoms with E-state index >= 15 is 0 Å². The minimum atomic E-state index is -0.607. The zero-order chi connectivity index (χ0) is 44.9. The third-order valence-electron chi connectivity index (χ3n) is 13.0. The van der Waals surface area contributed by atoms with Gasteiger partial charge in [-0.05, 0) is 129 Å². The van der Waals surface area contributed by atoms with Crippen LogP contribution in [0.1, 0.15) is 81.7 Å². The van der Waals surface area contributed by atoms with Crippen molar-refractivity contribution in [3.63, 3.8) is 0 Å². The van der Waals surface area contributed by atoms with E-state index in [0.29, 0.717) is 30.8 Å². The largest absolute Gasteiger partial charge is 0.488 e. The van der Waals surface area contributed by atoms with Crippen LogP contribution >= 0.6 is 0 Å². The van der Waals surface area contributed by atoms with Crippen LogP contribution in [0.25, 0.3) is 27.5 Å². The number of carbonyl (C=O) groups is 1. The molecule has 0 spiro atoms. The summed E-state index contributed by atoms with van der Waals surface area (Å²) in [5.41, 5.74) is 11.4. The van der Waals surface area contributed by atoms with Crippen LogP contribution in [0.3, 0.4) is 0 Å². The van der Waals surface area contributed by atoms with E-state index in [1.54, 1.807) is 14.2 Å². The molecule has 63 heavy (non-hydrogen) atoms. The number of hydrogen-bond acceptors (Lipinski definition) is 9. The number of rotatable bonds is 17. The van der Waals surface area contributed by atoms with Crippen molar-refractivity contribution in [2.75, 3.05) is 32.6 Å². The quantitative estimate of drug-likeness (QED) is 0.0714. The lowest BCUT2D eigenvalue weighted by atomic mass is 9.90. The highest BCUT2D eigenvalue weighted by Gasteiger charge is 2.36. The maximum absolute atomic E-state index is 14.0. The summed E-state index contributed by atoms with van der Waals surface area (Å²) in [5, 5.41) is 12.5. The molecule has 10 heteroatoms. The number of methoxy groups -OCH3 is 2. The summed E-state index contributed by atoms with van der Waals surface area (Å²) < 4.78 is 17.2. The molecule has 4 atom stereocenters. The summed E-state index contributed by atoms with van der Waals surface area (Å²) in [6.07, 6.45) is 5.76. The molecule has 3 aliphatic heterocycles. The molecule has 4 aromatic rings. The van der Waals surface area contributed by atoms with Gasteiger partial charge in [-0.15, -0.1) is 0 Å². The molecule has 0 bridgehead atoms. The van der Waals surface area contributed by atoms with E-state index in [0.717, 1.165) is 105 Å². The van der Waals surface area contributed by atoms with Crippen molar-refractivity contribution in [3.05, 3.63) is 151 Å². The van der Waals surface area contributed by atoms with E-state index in [-0.39, 0.29) is 24.0 Å². The molecule has 3 heterocycles. The van der Waals surface area contributed by atoms with Crippen LogP contribution in [-0.2, 0) is 20.9 Å². The molecule has 330 valence electrons. The Morgan fingerprint density at radius 3 is 2.22 bits per heavy atom. The molecule has 0 aliphatic carbocycles. The molecule has 10 nitrogen and oxygen atoms in total. The van der Waals surface area contributed by atoms with Crippen LogP contribution < -0.4 is 20.7 Å². The van der Waals surface area contributed by atoms with Gasteiger partial charge in [-0.1, -0.05) is 75.5 Å². The fourth-order valence-electron chi connectivity index (χ4n) is 9.32. The average molecular weight is 849 g/mol. The number of allylic oxidation sites excluding steroid dienone is 1. The van der Waals surface area contributed by atoms with Gasteiger partial charge in [0.2, 0.25) is 5.91 Å². The standard InChI is InChI=1S/C53H64N6O4/c1-32(2)50(56-38(8)61-10)37(7)58-27-15-20-49(58)36(6)55-47-26-25-45-43(34(47)4)23-24-46-44-22-21-41(29-42(44)31-63-52(45)46)33(3)30-54-35(5)48-19-16-28-59(48)53(60)51(57-39(9)62-11)40-17-13-12-14-18-40/h12-14,17-18,21-26,29-30,32,48-51,55-57H,6-9,15-16,19-20,27-28,31H2,1-5,10-11H3/b33-30+,54-35?/t48-,49?,50?,51?/m0/s1. The minimum absolute atomic E-state index is 0.000770. The zero-order valence-electron chi connectivity index (χ0n) is 38.1. The van der Waals surface area contributed by atoms with Gasteiger partial charge in [0, 0.05) is 53.0 Å². The predicted molar refractivity (Wildman–Crippen MR) is 258 cm³/mol. The van der Waals surface area contributed by atoms with Gasteiger partial charge in [-0.3, -0.25) is 9.79 Å². The van der Waals surface area contributed by atoms with Gasteiger partial charge in [-0.25, -0.2) is 0 Å². The first-order valence-corrected chi connectivity index (χ1v) is 22.1. The van der Waals surface area contributed by atoms with E-state index in [1.165, 1.54) is 5.56 Å². The minimum Gasteiger partial charge on any atom is -0.488 e. The van der Waals surface area contributed by atoms with E-state index in [4.69, 9.17) is 19.2 Å². The van der Waals surface area contributed by atoms with Crippen molar-refractivity contribution < 1.29 is 19.0 Å². The second-order valence-electron chi connectivity index (χ2n) is 17.3. The molecule has 0 aromatic heterocycles. The fourth-order valence-corrected chi connectivity index (χ4v) is 9.32. The number of nitrogens with one attached hydrogen (secondary N) is 3.